The summed E-state index contributed by atoms with van der Waals surface area (Å²) in [5, 5.41) is 4.36. The Morgan fingerprint density at radius 3 is 2.75 bits per heavy atom. The molecule has 1 aliphatic carbocycles. The number of amides is 1. The van der Waals surface area contributed by atoms with Crippen molar-refractivity contribution in [2.75, 3.05) is 12.4 Å². The van der Waals surface area contributed by atoms with Gasteiger partial charge >= 0.3 is 5.97 Å². The van der Waals surface area contributed by atoms with Crippen LogP contribution in [-0.4, -0.2) is 24.0 Å². The summed E-state index contributed by atoms with van der Waals surface area (Å²) in [6.45, 7) is 2.12. The summed E-state index contributed by atoms with van der Waals surface area (Å²) in [4.78, 5) is 34.2. The lowest BCUT2D eigenvalue weighted by Crippen LogP contribution is -2.15. The number of esters is 1. The lowest BCUT2D eigenvalue weighted by atomic mass is 10.1. The zero-order chi connectivity index (χ0) is 22.2. The van der Waals surface area contributed by atoms with E-state index in [1.54, 1.807) is 11.3 Å². The van der Waals surface area contributed by atoms with E-state index in [1.807, 2.05) is 30.3 Å². The predicted molar refractivity (Wildman–Crippen MR) is 130 cm³/mol. The Labute approximate surface area is 194 Å². The highest BCUT2D eigenvalue weighted by molar-refractivity contribution is 7.17. The molecule has 0 fully saturated rings. The van der Waals surface area contributed by atoms with E-state index in [-0.39, 0.29) is 5.91 Å². The Morgan fingerprint density at radius 1 is 1.12 bits per heavy atom. The summed E-state index contributed by atoms with van der Waals surface area (Å²) in [6.07, 6.45) is 3.76. The van der Waals surface area contributed by atoms with Gasteiger partial charge in [-0.25, -0.2) is 9.78 Å². The summed E-state index contributed by atoms with van der Waals surface area (Å²) in [6, 6.07) is 13.7. The van der Waals surface area contributed by atoms with Gasteiger partial charge in [0, 0.05) is 15.1 Å². The van der Waals surface area contributed by atoms with Gasteiger partial charge in [-0.3, -0.25) is 4.79 Å². The fraction of sp³-hybridized carbons (Fsp3) is 0.240. The van der Waals surface area contributed by atoms with Crippen LogP contribution in [0.3, 0.4) is 0 Å². The molecule has 0 saturated carbocycles. The minimum atomic E-state index is -0.398. The summed E-state index contributed by atoms with van der Waals surface area (Å²) in [5.41, 5.74) is 3.61. The first-order valence-corrected chi connectivity index (χ1v) is 12.3. The van der Waals surface area contributed by atoms with Crippen LogP contribution >= 0.6 is 22.7 Å². The fourth-order valence-electron chi connectivity index (χ4n) is 4.18. The van der Waals surface area contributed by atoms with Crippen molar-refractivity contribution in [2.24, 2.45) is 0 Å². The number of nitrogens with one attached hydrogen (secondary N) is 1. The topological polar surface area (TPSA) is 68.3 Å². The maximum absolute atomic E-state index is 13.5. The molecule has 5 rings (SSSR count). The number of thiophene rings is 2. The van der Waals surface area contributed by atoms with Crippen molar-refractivity contribution in [1.29, 1.82) is 0 Å². The third-order valence-corrected chi connectivity index (χ3v) is 8.22. The van der Waals surface area contributed by atoms with Gasteiger partial charge in [-0.2, -0.15) is 0 Å². The van der Waals surface area contributed by atoms with Crippen LogP contribution in [0.25, 0.3) is 21.5 Å². The largest absolute Gasteiger partial charge is 0.465 e. The highest BCUT2D eigenvalue weighted by Gasteiger charge is 2.28. The molecule has 0 radical (unpaired) electrons. The number of aromatic nitrogens is 1. The number of benzene rings is 1. The van der Waals surface area contributed by atoms with Crippen molar-refractivity contribution >= 4 is 50.5 Å². The Bertz CT molecular complexity index is 1350. The van der Waals surface area contributed by atoms with Crippen LogP contribution in [0.2, 0.25) is 0 Å². The van der Waals surface area contributed by atoms with Crippen LogP contribution < -0.4 is 5.32 Å². The smallest absolute Gasteiger partial charge is 0.341 e. The monoisotopic (exact) mass is 462 g/mol. The molecule has 0 saturated heterocycles. The molecule has 0 atom stereocenters. The van der Waals surface area contributed by atoms with Crippen molar-refractivity contribution < 1.29 is 14.3 Å². The van der Waals surface area contributed by atoms with Crippen molar-refractivity contribution in [3.8, 4) is 10.6 Å². The molecular formula is C25H22N2O3S2. The second-order valence-electron chi connectivity index (χ2n) is 7.70. The van der Waals surface area contributed by atoms with E-state index in [9.17, 15) is 9.59 Å². The first kappa shape index (κ1) is 20.8. The normalized spacial score (nSPS) is 12.7. The summed E-state index contributed by atoms with van der Waals surface area (Å²) in [7, 11) is 1.38. The first-order chi connectivity index (χ1) is 15.6. The van der Waals surface area contributed by atoms with Gasteiger partial charge in [-0.05, 0) is 55.5 Å². The molecule has 0 aliphatic heterocycles. The van der Waals surface area contributed by atoms with E-state index in [2.05, 4.69) is 24.4 Å². The number of carbonyl (C=O) groups is 2. The number of hydrogen-bond acceptors (Lipinski definition) is 6. The van der Waals surface area contributed by atoms with E-state index in [1.165, 1.54) is 23.3 Å². The number of anilines is 1. The second-order valence-corrected chi connectivity index (χ2v) is 9.97. The van der Waals surface area contributed by atoms with Crippen molar-refractivity contribution in [3.05, 3.63) is 68.9 Å². The highest BCUT2D eigenvalue weighted by Crippen LogP contribution is 2.40. The van der Waals surface area contributed by atoms with Crippen LogP contribution in [0.1, 0.15) is 49.4 Å². The second kappa shape index (κ2) is 8.48. The van der Waals surface area contributed by atoms with Gasteiger partial charge in [-0.1, -0.05) is 25.1 Å². The van der Waals surface area contributed by atoms with E-state index in [0.717, 1.165) is 57.6 Å². The number of aryl methyl sites for hydroxylation is 2. The van der Waals surface area contributed by atoms with Crippen LogP contribution in [0.4, 0.5) is 5.00 Å². The minimum Gasteiger partial charge on any atom is -0.465 e. The summed E-state index contributed by atoms with van der Waals surface area (Å²) >= 11 is 3.17. The summed E-state index contributed by atoms with van der Waals surface area (Å²) < 4.78 is 5.02. The zero-order valence-corrected chi connectivity index (χ0v) is 19.5. The number of hydrogen-bond donors (Lipinski definition) is 1. The quantitative estimate of drug-likeness (QED) is 0.363. The molecule has 7 heteroatoms. The molecular weight excluding hydrogens is 440 g/mol. The highest BCUT2D eigenvalue weighted by atomic mass is 32.1. The molecule has 0 spiro atoms. The molecule has 3 heterocycles. The molecule has 0 bridgehead atoms. The third kappa shape index (κ3) is 3.61. The maximum atomic E-state index is 13.5. The van der Waals surface area contributed by atoms with Gasteiger partial charge in [0.25, 0.3) is 5.91 Å². The standard InChI is InChI=1S/C25H22N2O3S2/c1-3-14-11-12-21(31-14)19-13-17(15-7-4-5-9-18(15)26-19)23(28)27-24-22(25(29)30-2)16-8-6-10-20(16)32-24/h4-5,7,9,11-13H,3,6,8,10H2,1-2H3,(H,27,28). The number of fused-ring (bicyclic) bond motifs is 2. The number of nitrogens with zero attached hydrogens (tertiary/aromatic N) is 1. The van der Waals surface area contributed by atoms with Crippen molar-refractivity contribution in [1.82, 2.24) is 4.98 Å². The molecule has 32 heavy (non-hydrogen) atoms. The third-order valence-electron chi connectivity index (χ3n) is 5.76. The number of rotatable bonds is 5. The van der Waals surface area contributed by atoms with Gasteiger partial charge in [0.2, 0.25) is 0 Å². The number of para-hydroxylation sites is 1. The maximum Gasteiger partial charge on any atom is 0.341 e. The molecule has 4 aromatic rings. The molecule has 5 nitrogen and oxygen atoms in total. The number of carbonyl (C=O) groups excluding carboxylic acids is 2. The van der Waals surface area contributed by atoms with Gasteiger partial charge in [0.15, 0.2) is 0 Å². The zero-order valence-electron chi connectivity index (χ0n) is 17.9. The first-order valence-electron chi connectivity index (χ1n) is 10.6. The van der Waals surface area contributed by atoms with E-state index < -0.39 is 5.97 Å². The van der Waals surface area contributed by atoms with E-state index >= 15 is 0 Å². The van der Waals surface area contributed by atoms with E-state index in [0.29, 0.717) is 16.1 Å². The van der Waals surface area contributed by atoms with E-state index in [4.69, 9.17) is 9.72 Å². The lowest BCUT2D eigenvalue weighted by Gasteiger charge is -2.10. The fourth-order valence-corrected chi connectivity index (χ4v) is 6.36. The molecule has 1 N–H and O–H groups in total. The van der Waals surface area contributed by atoms with Crippen LogP contribution in [-0.2, 0) is 24.0 Å². The Morgan fingerprint density at radius 2 is 1.97 bits per heavy atom. The Hall–Kier alpha value is -3.03. The van der Waals surface area contributed by atoms with Gasteiger partial charge in [0.05, 0.1) is 34.3 Å². The molecule has 3 aromatic heterocycles. The van der Waals surface area contributed by atoms with Crippen molar-refractivity contribution in [3.63, 3.8) is 0 Å². The van der Waals surface area contributed by atoms with Crippen molar-refractivity contribution in [2.45, 2.75) is 32.6 Å². The molecule has 0 unspecified atom stereocenters. The van der Waals surface area contributed by atoms with Crippen LogP contribution in [0, 0.1) is 0 Å². The number of pyridine rings is 1. The predicted octanol–water partition coefficient (Wildman–Crippen LogP) is 6.11. The molecule has 1 amide bonds. The SMILES string of the molecule is CCc1ccc(-c2cc(C(=O)Nc3sc4c(c3C(=O)OC)CCC4)c3ccccc3n2)s1. The number of ether oxygens (including phenoxy) is 1. The minimum absolute atomic E-state index is 0.248. The van der Waals surface area contributed by atoms with Gasteiger partial charge in [0.1, 0.15) is 5.00 Å². The Balaban J connectivity index is 1.58. The van der Waals surface area contributed by atoms with Gasteiger partial charge in [-0.15, -0.1) is 22.7 Å². The van der Waals surface area contributed by atoms with Gasteiger partial charge < -0.3 is 10.1 Å². The molecule has 1 aliphatic rings. The van der Waals surface area contributed by atoms with Crippen LogP contribution in [0.5, 0.6) is 0 Å². The average Bonchev–Trinajstić information content (AvgIpc) is 3.54. The summed E-state index contributed by atoms with van der Waals surface area (Å²) in [5.74, 6) is -0.646. The molecule has 162 valence electrons. The van der Waals surface area contributed by atoms with Crippen LogP contribution in [0.15, 0.2) is 42.5 Å². The molecule has 1 aromatic carbocycles. The average molecular weight is 463 g/mol. The Kier molecular flexibility index (Phi) is 5.53. The number of methoxy groups -OCH3 is 1. The lowest BCUT2D eigenvalue weighted by molar-refractivity contribution is 0.0601.